The van der Waals surface area contributed by atoms with Gasteiger partial charge in [0.1, 0.15) is 6.04 Å². The van der Waals surface area contributed by atoms with E-state index in [-0.39, 0.29) is 18.4 Å². The molecule has 1 N–H and O–H groups in total. The van der Waals surface area contributed by atoms with Crippen LogP contribution in [0.3, 0.4) is 0 Å². The Labute approximate surface area is 179 Å². The lowest BCUT2D eigenvalue weighted by molar-refractivity contribution is -0.125. The smallest absolute Gasteiger partial charge is 0.255 e. The third kappa shape index (κ3) is 3.91. The number of rotatable bonds is 5. The van der Waals surface area contributed by atoms with Crippen LogP contribution in [0.15, 0.2) is 72.8 Å². The molecule has 0 aliphatic carbocycles. The van der Waals surface area contributed by atoms with Crippen molar-refractivity contribution in [1.82, 2.24) is 10.2 Å². The minimum absolute atomic E-state index is 0.198. The van der Waals surface area contributed by atoms with Crippen molar-refractivity contribution in [3.63, 3.8) is 0 Å². The Morgan fingerprint density at radius 2 is 1.80 bits per heavy atom. The van der Waals surface area contributed by atoms with Crippen molar-refractivity contribution in [2.45, 2.75) is 19.1 Å². The van der Waals surface area contributed by atoms with Gasteiger partial charge in [0.15, 0.2) is 0 Å². The average Bonchev–Trinajstić information content (AvgIpc) is 3.04. The quantitative estimate of drug-likeness (QED) is 0.677. The fourth-order valence-electron chi connectivity index (χ4n) is 3.68. The summed E-state index contributed by atoms with van der Waals surface area (Å²) >= 11 is 6.02. The minimum atomic E-state index is -0.737. The number of benzene rings is 3. The van der Waals surface area contributed by atoms with Crippen LogP contribution in [0.4, 0.5) is 0 Å². The van der Waals surface area contributed by atoms with Crippen LogP contribution in [0.1, 0.15) is 38.7 Å². The van der Waals surface area contributed by atoms with Crippen molar-refractivity contribution in [3.8, 4) is 6.07 Å². The van der Waals surface area contributed by atoms with Crippen molar-refractivity contribution in [1.29, 1.82) is 5.26 Å². The Balaban J connectivity index is 1.60. The summed E-state index contributed by atoms with van der Waals surface area (Å²) in [6, 6.07) is 22.9. The first-order valence-corrected chi connectivity index (χ1v) is 9.85. The van der Waals surface area contributed by atoms with Crippen LogP contribution in [0.2, 0.25) is 5.02 Å². The Kier molecular flexibility index (Phi) is 5.51. The van der Waals surface area contributed by atoms with Gasteiger partial charge in [-0.2, -0.15) is 5.26 Å². The Morgan fingerprint density at radius 1 is 1.03 bits per heavy atom. The summed E-state index contributed by atoms with van der Waals surface area (Å²) in [6.07, 6.45) is 0. The third-order valence-corrected chi connectivity index (χ3v) is 5.31. The van der Waals surface area contributed by atoms with Gasteiger partial charge in [0, 0.05) is 23.7 Å². The highest BCUT2D eigenvalue weighted by molar-refractivity contribution is 6.30. The highest BCUT2D eigenvalue weighted by Gasteiger charge is 2.40. The van der Waals surface area contributed by atoms with Gasteiger partial charge in [0.25, 0.3) is 5.91 Å². The molecular weight excluding hydrogens is 398 g/mol. The molecule has 0 spiro atoms. The number of nitriles is 1. The number of hydrogen-bond donors (Lipinski definition) is 1. The predicted molar refractivity (Wildman–Crippen MR) is 114 cm³/mol. The van der Waals surface area contributed by atoms with Crippen LogP contribution in [-0.4, -0.2) is 16.7 Å². The first-order chi connectivity index (χ1) is 14.6. The number of carbonyl (C=O) groups is 2. The lowest BCUT2D eigenvalue weighted by Crippen LogP contribution is -2.38. The number of nitrogens with zero attached hydrogens (tertiary/aromatic N) is 2. The first kappa shape index (κ1) is 19.7. The van der Waals surface area contributed by atoms with Crippen LogP contribution in [0, 0.1) is 11.3 Å². The molecule has 3 aromatic rings. The molecule has 1 heterocycles. The van der Waals surface area contributed by atoms with Crippen molar-refractivity contribution in [2.75, 3.05) is 0 Å². The fraction of sp³-hybridized carbons (Fsp3) is 0.125. The minimum Gasteiger partial charge on any atom is -0.350 e. The lowest BCUT2D eigenvalue weighted by atomic mass is 10.0. The normalized spacial score (nSPS) is 14.9. The molecule has 148 valence electrons. The second-order valence-corrected chi connectivity index (χ2v) is 7.52. The van der Waals surface area contributed by atoms with E-state index in [0.717, 1.165) is 11.1 Å². The molecule has 0 fully saturated rings. The molecule has 0 saturated heterocycles. The summed E-state index contributed by atoms with van der Waals surface area (Å²) in [6.45, 7) is 0.544. The van der Waals surface area contributed by atoms with Gasteiger partial charge in [-0.1, -0.05) is 54.1 Å². The maximum Gasteiger partial charge on any atom is 0.255 e. The van der Waals surface area contributed by atoms with Gasteiger partial charge >= 0.3 is 0 Å². The van der Waals surface area contributed by atoms with Crippen molar-refractivity contribution in [2.24, 2.45) is 0 Å². The third-order valence-electron chi connectivity index (χ3n) is 5.07. The lowest BCUT2D eigenvalue weighted by Gasteiger charge is -2.25. The van der Waals surface area contributed by atoms with Gasteiger partial charge < -0.3 is 10.2 Å². The number of nitrogens with one attached hydrogen (secondary N) is 1. The van der Waals surface area contributed by atoms with Crippen LogP contribution in [0.5, 0.6) is 0 Å². The molecule has 1 aliphatic rings. The molecule has 3 aromatic carbocycles. The van der Waals surface area contributed by atoms with Gasteiger partial charge in [-0.05, 0) is 47.0 Å². The Hall–Kier alpha value is -3.62. The van der Waals surface area contributed by atoms with E-state index in [0.29, 0.717) is 28.3 Å². The molecule has 2 amide bonds. The second kappa shape index (κ2) is 8.40. The molecule has 6 heteroatoms. The van der Waals surface area contributed by atoms with Crippen molar-refractivity contribution >= 4 is 23.4 Å². The number of carbonyl (C=O) groups excluding carboxylic acids is 2. The van der Waals surface area contributed by atoms with Crippen LogP contribution in [0.25, 0.3) is 0 Å². The zero-order chi connectivity index (χ0) is 21.1. The molecule has 0 aromatic heterocycles. The Bertz CT molecular complexity index is 1170. The molecule has 0 bridgehead atoms. The van der Waals surface area contributed by atoms with Crippen molar-refractivity contribution < 1.29 is 9.59 Å². The summed E-state index contributed by atoms with van der Waals surface area (Å²) in [5, 5.41) is 12.7. The SMILES string of the molecule is N#Cc1cccc(CN2C(=O)c3ccccc3C2C(=O)NCc2cccc(Cl)c2)c1. The molecule has 0 radical (unpaired) electrons. The summed E-state index contributed by atoms with van der Waals surface area (Å²) in [7, 11) is 0. The highest BCUT2D eigenvalue weighted by Crippen LogP contribution is 2.35. The number of fused-ring (bicyclic) bond motifs is 1. The predicted octanol–water partition coefficient (Wildman–Crippen LogP) is 4.23. The summed E-state index contributed by atoms with van der Waals surface area (Å²) in [5.74, 6) is -0.458. The van der Waals surface area contributed by atoms with Crippen LogP contribution >= 0.6 is 11.6 Å². The fourth-order valence-corrected chi connectivity index (χ4v) is 3.90. The molecular formula is C24H18ClN3O2. The van der Waals surface area contributed by atoms with E-state index in [4.69, 9.17) is 16.9 Å². The topological polar surface area (TPSA) is 73.2 Å². The average molecular weight is 416 g/mol. The molecule has 30 heavy (non-hydrogen) atoms. The van der Waals surface area contributed by atoms with Gasteiger partial charge in [-0.25, -0.2) is 0 Å². The van der Waals surface area contributed by atoms with Crippen molar-refractivity contribution in [3.05, 3.63) is 106 Å². The Morgan fingerprint density at radius 3 is 2.60 bits per heavy atom. The van der Waals surface area contributed by atoms with E-state index in [1.165, 1.54) is 0 Å². The van der Waals surface area contributed by atoms with E-state index >= 15 is 0 Å². The van der Waals surface area contributed by atoms with E-state index < -0.39 is 6.04 Å². The number of amides is 2. The molecule has 1 atom stereocenters. The van der Waals surface area contributed by atoms with E-state index in [1.807, 2.05) is 30.3 Å². The van der Waals surface area contributed by atoms with Gasteiger partial charge in [-0.3, -0.25) is 9.59 Å². The monoisotopic (exact) mass is 415 g/mol. The first-order valence-electron chi connectivity index (χ1n) is 9.48. The van der Waals surface area contributed by atoms with Gasteiger partial charge in [-0.15, -0.1) is 0 Å². The molecule has 5 nitrogen and oxygen atoms in total. The van der Waals surface area contributed by atoms with E-state index in [2.05, 4.69) is 11.4 Å². The molecule has 1 unspecified atom stereocenters. The van der Waals surface area contributed by atoms with Crippen LogP contribution < -0.4 is 5.32 Å². The number of halogens is 1. The van der Waals surface area contributed by atoms with Gasteiger partial charge in [0.05, 0.1) is 11.6 Å². The molecule has 0 saturated carbocycles. The summed E-state index contributed by atoms with van der Waals surface area (Å²) in [5.41, 5.74) is 3.39. The number of hydrogen-bond acceptors (Lipinski definition) is 3. The highest BCUT2D eigenvalue weighted by atomic mass is 35.5. The largest absolute Gasteiger partial charge is 0.350 e. The maximum atomic E-state index is 13.1. The standard InChI is InChI=1S/C24H18ClN3O2/c25-19-8-4-6-17(12-19)14-27-23(29)22-20-9-1-2-10-21(20)24(30)28(22)15-18-7-3-5-16(11-18)13-26/h1-12,22H,14-15H2,(H,27,29). The zero-order valence-corrected chi connectivity index (χ0v) is 16.8. The zero-order valence-electron chi connectivity index (χ0n) is 16.0. The maximum absolute atomic E-state index is 13.1. The summed E-state index contributed by atoms with van der Waals surface area (Å²) in [4.78, 5) is 27.7. The molecule has 4 rings (SSSR count). The van der Waals surface area contributed by atoms with Crippen LogP contribution in [-0.2, 0) is 17.9 Å². The van der Waals surface area contributed by atoms with E-state index in [9.17, 15) is 9.59 Å². The van der Waals surface area contributed by atoms with Gasteiger partial charge in [0.2, 0.25) is 5.91 Å². The van der Waals surface area contributed by atoms with E-state index in [1.54, 1.807) is 47.4 Å². The summed E-state index contributed by atoms with van der Waals surface area (Å²) < 4.78 is 0. The second-order valence-electron chi connectivity index (χ2n) is 7.08. The molecule has 1 aliphatic heterocycles.